The van der Waals surface area contributed by atoms with Crippen molar-refractivity contribution in [2.24, 2.45) is 0 Å². The molecule has 0 radical (unpaired) electrons. The fourth-order valence-electron chi connectivity index (χ4n) is 2.60. The first kappa shape index (κ1) is 14.4. The predicted molar refractivity (Wildman–Crippen MR) is 82.8 cm³/mol. The van der Waals surface area contributed by atoms with Crippen molar-refractivity contribution in [1.82, 2.24) is 4.90 Å². The lowest BCUT2D eigenvalue weighted by atomic mass is 10.1. The SMILES string of the molecule is O=C(O)c1ccc2c(c1)CN(Cc1ccc(Cl)cc1Cl)C2. The molecule has 0 atom stereocenters. The minimum atomic E-state index is -0.892. The Labute approximate surface area is 132 Å². The summed E-state index contributed by atoms with van der Waals surface area (Å²) in [5.74, 6) is -0.892. The van der Waals surface area contributed by atoms with E-state index in [-0.39, 0.29) is 0 Å². The van der Waals surface area contributed by atoms with Crippen molar-refractivity contribution >= 4 is 29.2 Å². The van der Waals surface area contributed by atoms with Crippen molar-refractivity contribution in [3.05, 3.63) is 68.7 Å². The Morgan fingerprint density at radius 2 is 1.86 bits per heavy atom. The first-order valence-electron chi connectivity index (χ1n) is 6.54. The van der Waals surface area contributed by atoms with Crippen LogP contribution in [0.25, 0.3) is 0 Å². The van der Waals surface area contributed by atoms with Crippen molar-refractivity contribution < 1.29 is 9.90 Å². The molecule has 0 aromatic heterocycles. The molecule has 3 rings (SSSR count). The molecule has 2 aromatic carbocycles. The lowest BCUT2D eigenvalue weighted by Crippen LogP contribution is -2.15. The zero-order valence-electron chi connectivity index (χ0n) is 11.1. The first-order valence-corrected chi connectivity index (χ1v) is 7.30. The van der Waals surface area contributed by atoms with Gasteiger partial charge in [0, 0.05) is 29.7 Å². The van der Waals surface area contributed by atoms with Gasteiger partial charge >= 0.3 is 5.97 Å². The molecule has 0 spiro atoms. The smallest absolute Gasteiger partial charge is 0.335 e. The highest BCUT2D eigenvalue weighted by Crippen LogP contribution is 2.28. The number of hydrogen-bond acceptors (Lipinski definition) is 2. The topological polar surface area (TPSA) is 40.5 Å². The maximum Gasteiger partial charge on any atom is 0.335 e. The predicted octanol–water partition coefficient (Wildman–Crippen LogP) is 4.21. The van der Waals surface area contributed by atoms with Crippen molar-refractivity contribution in [2.75, 3.05) is 0 Å². The average Bonchev–Trinajstić information content (AvgIpc) is 2.83. The van der Waals surface area contributed by atoms with Gasteiger partial charge < -0.3 is 5.11 Å². The monoisotopic (exact) mass is 321 g/mol. The van der Waals surface area contributed by atoms with E-state index in [2.05, 4.69) is 4.90 Å². The molecular weight excluding hydrogens is 309 g/mol. The van der Waals surface area contributed by atoms with Crippen molar-refractivity contribution in [3.8, 4) is 0 Å². The fourth-order valence-corrected chi connectivity index (χ4v) is 3.07. The lowest BCUT2D eigenvalue weighted by Gasteiger charge is -2.15. The van der Waals surface area contributed by atoms with Gasteiger partial charge in [0.1, 0.15) is 0 Å². The number of halogens is 2. The number of rotatable bonds is 3. The summed E-state index contributed by atoms with van der Waals surface area (Å²) < 4.78 is 0. The number of benzene rings is 2. The van der Waals surface area contributed by atoms with E-state index >= 15 is 0 Å². The molecule has 21 heavy (non-hydrogen) atoms. The molecule has 1 heterocycles. The number of carboxylic acids is 1. The quantitative estimate of drug-likeness (QED) is 0.920. The van der Waals surface area contributed by atoms with Gasteiger partial charge in [0.2, 0.25) is 0 Å². The number of hydrogen-bond donors (Lipinski definition) is 1. The van der Waals surface area contributed by atoms with Gasteiger partial charge in [-0.05, 0) is 41.0 Å². The van der Waals surface area contributed by atoms with Crippen LogP contribution in [0.1, 0.15) is 27.0 Å². The minimum Gasteiger partial charge on any atom is -0.478 e. The van der Waals surface area contributed by atoms with Crippen LogP contribution in [0.4, 0.5) is 0 Å². The molecule has 0 saturated carbocycles. The Hall–Kier alpha value is -1.55. The van der Waals surface area contributed by atoms with Gasteiger partial charge in [-0.15, -0.1) is 0 Å². The van der Waals surface area contributed by atoms with Crippen LogP contribution in [0.3, 0.4) is 0 Å². The largest absolute Gasteiger partial charge is 0.478 e. The highest BCUT2D eigenvalue weighted by atomic mass is 35.5. The summed E-state index contributed by atoms with van der Waals surface area (Å²) in [6.07, 6.45) is 0. The van der Waals surface area contributed by atoms with Gasteiger partial charge in [-0.1, -0.05) is 35.3 Å². The molecule has 108 valence electrons. The Bertz CT molecular complexity index is 715. The molecule has 0 bridgehead atoms. The average molecular weight is 322 g/mol. The lowest BCUT2D eigenvalue weighted by molar-refractivity contribution is 0.0696. The van der Waals surface area contributed by atoms with E-state index in [1.54, 1.807) is 18.2 Å². The first-order chi connectivity index (χ1) is 10.0. The van der Waals surface area contributed by atoms with Crippen LogP contribution >= 0.6 is 23.2 Å². The third-order valence-corrected chi connectivity index (χ3v) is 4.24. The van der Waals surface area contributed by atoms with Crippen LogP contribution in [0.5, 0.6) is 0 Å². The van der Waals surface area contributed by atoms with Crippen LogP contribution in [-0.4, -0.2) is 16.0 Å². The number of carboxylic acid groups (broad SMARTS) is 1. The van der Waals surface area contributed by atoms with Gasteiger partial charge in [-0.2, -0.15) is 0 Å². The van der Waals surface area contributed by atoms with Crippen LogP contribution < -0.4 is 0 Å². The molecule has 0 amide bonds. The highest BCUT2D eigenvalue weighted by molar-refractivity contribution is 6.35. The fraction of sp³-hybridized carbons (Fsp3) is 0.188. The van der Waals surface area contributed by atoms with Crippen LogP contribution in [0.15, 0.2) is 36.4 Å². The van der Waals surface area contributed by atoms with Gasteiger partial charge in [0.05, 0.1) is 5.56 Å². The zero-order valence-corrected chi connectivity index (χ0v) is 12.7. The summed E-state index contributed by atoms with van der Waals surface area (Å²) in [4.78, 5) is 13.2. The van der Waals surface area contributed by atoms with Gasteiger partial charge in [0.15, 0.2) is 0 Å². The molecule has 0 aliphatic carbocycles. The molecule has 0 unspecified atom stereocenters. The maximum absolute atomic E-state index is 11.0. The summed E-state index contributed by atoms with van der Waals surface area (Å²) in [6, 6.07) is 10.8. The second-order valence-electron chi connectivity index (χ2n) is 5.17. The number of aromatic carboxylic acids is 1. The van der Waals surface area contributed by atoms with Gasteiger partial charge in [-0.25, -0.2) is 4.79 Å². The molecular formula is C16H13Cl2NO2. The van der Waals surface area contributed by atoms with E-state index in [0.717, 1.165) is 24.2 Å². The summed E-state index contributed by atoms with van der Waals surface area (Å²) in [5.41, 5.74) is 3.59. The Balaban J connectivity index is 1.77. The molecule has 1 aliphatic heterocycles. The Kier molecular flexibility index (Phi) is 3.89. The molecule has 1 N–H and O–H groups in total. The second-order valence-corrected chi connectivity index (χ2v) is 6.01. The van der Waals surface area contributed by atoms with Crippen molar-refractivity contribution in [2.45, 2.75) is 19.6 Å². The van der Waals surface area contributed by atoms with E-state index in [9.17, 15) is 4.79 Å². The summed E-state index contributed by atoms with van der Waals surface area (Å²) in [6.45, 7) is 2.25. The van der Waals surface area contributed by atoms with E-state index in [4.69, 9.17) is 28.3 Å². The van der Waals surface area contributed by atoms with E-state index in [1.807, 2.05) is 18.2 Å². The van der Waals surface area contributed by atoms with Gasteiger partial charge in [-0.3, -0.25) is 4.90 Å². The van der Waals surface area contributed by atoms with E-state index in [0.29, 0.717) is 22.2 Å². The molecule has 0 fully saturated rings. The third kappa shape index (κ3) is 3.05. The number of fused-ring (bicyclic) bond motifs is 1. The standard InChI is InChI=1S/C16H13Cl2NO2/c17-14-4-3-12(15(18)6-14)8-19-7-11-2-1-10(16(20)21)5-13(11)9-19/h1-6H,7-9H2,(H,20,21). The molecule has 2 aromatic rings. The third-order valence-electron chi connectivity index (χ3n) is 3.65. The number of carbonyl (C=O) groups is 1. The van der Waals surface area contributed by atoms with Crippen LogP contribution in [0.2, 0.25) is 10.0 Å². The number of nitrogens with zero attached hydrogens (tertiary/aromatic N) is 1. The summed E-state index contributed by atoms with van der Waals surface area (Å²) in [7, 11) is 0. The normalized spacial score (nSPS) is 14.2. The molecule has 3 nitrogen and oxygen atoms in total. The van der Waals surface area contributed by atoms with Crippen LogP contribution in [-0.2, 0) is 19.6 Å². The summed E-state index contributed by atoms with van der Waals surface area (Å²) in [5, 5.41) is 10.3. The summed E-state index contributed by atoms with van der Waals surface area (Å²) >= 11 is 12.1. The van der Waals surface area contributed by atoms with Gasteiger partial charge in [0.25, 0.3) is 0 Å². The second kappa shape index (κ2) is 5.68. The molecule has 0 saturated heterocycles. The van der Waals surface area contributed by atoms with E-state index in [1.165, 1.54) is 5.56 Å². The minimum absolute atomic E-state index is 0.333. The van der Waals surface area contributed by atoms with Crippen LogP contribution in [0, 0.1) is 0 Å². The van der Waals surface area contributed by atoms with Crippen molar-refractivity contribution in [1.29, 1.82) is 0 Å². The Morgan fingerprint density at radius 3 is 2.57 bits per heavy atom. The Morgan fingerprint density at radius 1 is 1.10 bits per heavy atom. The highest BCUT2D eigenvalue weighted by Gasteiger charge is 2.21. The van der Waals surface area contributed by atoms with E-state index < -0.39 is 5.97 Å². The molecule has 5 heteroatoms. The maximum atomic E-state index is 11.0. The van der Waals surface area contributed by atoms with Crippen molar-refractivity contribution in [3.63, 3.8) is 0 Å². The zero-order chi connectivity index (χ0) is 15.0. The molecule has 1 aliphatic rings.